The summed E-state index contributed by atoms with van der Waals surface area (Å²) >= 11 is 0. The van der Waals surface area contributed by atoms with Gasteiger partial charge in [0, 0.05) is 36.0 Å². The molecule has 6 heteroatoms. The summed E-state index contributed by atoms with van der Waals surface area (Å²) in [6.45, 7) is 4.13. The molecule has 1 spiro atoms. The van der Waals surface area contributed by atoms with Crippen LogP contribution in [0, 0.1) is 11.3 Å². The molecule has 2 N–H and O–H groups in total. The van der Waals surface area contributed by atoms with Crippen molar-refractivity contribution in [1.82, 2.24) is 10.6 Å². The van der Waals surface area contributed by atoms with Gasteiger partial charge in [0.15, 0.2) is 0 Å². The van der Waals surface area contributed by atoms with E-state index in [4.69, 9.17) is 9.47 Å². The van der Waals surface area contributed by atoms with E-state index in [1.165, 1.54) is 5.56 Å². The maximum atomic E-state index is 12.9. The highest BCUT2D eigenvalue weighted by atomic mass is 35.5. The molecule has 0 aromatic heterocycles. The average Bonchev–Trinajstić information content (AvgIpc) is 3.36. The van der Waals surface area contributed by atoms with E-state index in [9.17, 15) is 4.79 Å². The molecule has 1 amide bonds. The Hall–Kier alpha value is -1.30. The molecule has 2 heterocycles. The van der Waals surface area contributed by atoms with Gasteiger partial charge in [-0.3, -0.25) is 4.79 Å². The first-order chi connectivity index (χ1) is 12.2. The number of carbonyl (C=O) groups is 1. The first-order valence-corrected chi connectivity index (χ1v) is 9.39. The lowest BCUT2D eigenvalue weighted by atomic mass is 9.79. The van der Waals surface area contributed by atoms with Crippen LogP contribution in [0.2, 0.25) is 0 Å². The highest BCUT2D eigenvalue weighted by Crippen LogP contribution is 2.60. The van der Waals surface area contributed by atoms with Crippen LogP contribution in [-0.4, -0.2) is 45.9 Å². The molecule has 1 saturated heterocycles. The molecule has 0 radical (unpaired) electrons. The average molecular weight is 381 g/mol. The summed E-state index contributed by atoms with van der Waals surface area (Å²) in [5.41, 5.74) is 1.29. The van der Waals surface area contributed by atoms with Gasteiger partial charge >= 0.3 is 0 Å². The summed E-state index contributed by atoms with van der Waals surface area (Å²) < 4.78 is 11.2. The predicted octanol–water partition coefficient (Wildman–Crippen LogP) is 2.28. The van der Waals surface area contributed by atoms with E-state index in [1.54, 1.807) is 7.11 Å². The molecule has 0 bridgehead atoms. The zero-order valence-electron chi connectivity index (χ0n) is 15.4. The van der Waals surface area contributed by atoms with Crippen molar-refractivity contribution >= 4 is 18.3 Å². The van der Waals surface area contributed by atoms with Crippen molar-refractivity contribution in [2.24, 2.45) is 11.3 Å². The number of hydrogen-bond acceptors (Lipinski definition) is 4. The van der Waals surface area contributed by atoms with Crippen LogP contribution in [0.4, 0.5) is 0 Å². The van der Waals surface area contributed by atoms with Crippen LogP contribution in [0.5, 0.6) is 5.75 Å². The fourth-order valence-corrected chi connectivity index (χ4v) is 4.74. The summed E-state index contributed by atoms with van der Waals surface area (Å²) in [4.78, 5) is 12.9. The van der Waals surface area contributed by atoms with Crippen molar-refractivity contribution < 1.29 is 14.3 Å². The third-order valence-electron chi connectivity index (χ3n) is 6.37. The zero-order chi connectivity index (χ0) is 17.3. The van der Waals surface area contributed by atoms with Gasteiger partial charge in [-0.2, -0.15) is 0 Å². The van der Waals surface area contributed by atoms with Crippen molar-refractivity contribution in [3.05, 3.63) is 29.8 Å². The lowest BCUT2D eigenvalue weighted by molar-refractivity contribution is -0.123. The van der Waals surface area contributed by atoms with Gasteiger partial charge in [-0.05, 0) is 44.8 Å². The van der Waals surface area contributed by atoms with E-state index in [1.807, 2.05) is 18.2 Å². The van der Waals surface area contributed by atoms with E-state index in [2.05, 4.69) is 16.7 Å². The number of amides is 1. The Bertz CT molecular complexity index is 642. The number of piperidine rings is 1. The minimum atomic E-state index is 0. The quantitative estimate of drug-likeness (QED) is 0.822. The molecule has 26 heavy (non-hydrogen) atoms. The Balaban J connectivity index is 0.00000196. The summed E-state index contributed by atoms with van der Waals surface area (Å²) in [6, 6.07) is 8.19. The van der Waals surface area contributed by atoms with Gasteiger partial charge in [-0.25, -0.2) is 0 Å². The molecular weight excluding hydrogens is 352 g/mol. The van der Waals surface area contributed by atoms with Gasteiger partial charge in [0.25, 0.3) is 0 Å². The van der Waals surface area contributed by atoms with Crippen LogP contribution in [0.1, 0.15) is 31.2 Å². The molecule has 2 unspecified atom stereocenters. The van der Waals surface area contributed by atoms with E-state index >= 15 is 0 Å². The van der Waals surface area contributed by atoms with Gasteiger partial charge in [0.1, 0.15) is 5.75 Å². The smallest absolute Gasteiger partial charge is 0.224 e. The topological polar surface area (TPSA) is 59.6 Å². The number of para-hydroxylation sites is 1. The Morgan fingerprint density at radius 2 is 2.08 bits per heavy atom. The molecule has 1 aromatic rings. The molecule has 3 aliphatic rings. The van der Waals surface area contributed by atoms with Gasteiger partial charge in [-0.15, -0.1) is 12.4 Å². The van der Waals surface area contributed by atoms with E-state index < -0.39 is 0 Å². The number of methoxy groups -OCH3 is 1. The number of ether oxygens (including phenoxy) is 2. The monoisotopic (exact) mass is 380 g/mol. The molecule has 1 saturated carbocycles. The number of benzene rings is 1. The van der Waals surface area contributed by atoms with Crippen molar-refractivity contribution in [3.8, 4) is 5.75 Å². The third kappa shape index (κ3) is 3.45. The highest BCUT2D eigenvalue weighted by molar-refractivity contribution is 5.85. The Morgan fingerprint density at radius 1 is 1.31 bits per heavy atom. The van der Waals surface area contributed by atoms with Gasteiger partial charge in [-0.1, -0.05) is 18.2 Å². The number of carbonyl (C=O) groups excluding carboxylic acids is 1. The molecule has 4 rings (SSSR count). The molecule has 5 nitrogen and oxygen atoms in total. The summed E-state index contributed by atoms with van der Waals surface area (Å²) in [7, 11) is 1.75. The largest absolute Gasteiger partial charge is 0.493 e. The Labute approximate surface area is 161 Å². The normalized spacial score (nSPS) is 28.4. The molecule has 1 aromatic carbocycles. The maximum Gasteiger partial charge on any atom is 0.224 e. The van der Waals surface area contributed by atoms with Crippen molar-refractivity contribution in [2.45, 2.75) is 31.1 Å². The van der Waals surface area contributed by atoms with Crippen LogP contribution in [0.25, 0.3) is 0 Å². The second kappa shape index (κ2) is 7.75. The first-order valence-electron chi connectivity index (χ1n) is 9.39. The molecule has 2 atom stereocenters. The second-order valence-electron chi connectivity index (χ2n) is 7.91. The Kier molecular flexibility index (Phi) is 5.80. The van der Waals surface area contributed by atoms with Crippen LogP contribution in [0.15, 0.2) is 24.3 Å². The molecule has 1 aliphatic carbocycles. The molecule has 144 valence electrons. The molecule has 2 aliphatic heterocycles. The Morgan fingerprint density at radius 3 is 2.85 bits per heavy atom. The second-order valence-corrected chi connectivity index (χ2v) is 7.91. The standard InChI is InChI=1S/C20H28N2O3.ClH/c1-24-14-19(6-9-21-10-7-19)13-22-18(23)16-12-20(16)8-11-25-17-5-3-2-4-15(17)20;/h2-5,16,21H,6-14H2,1H3,(H,22,23);1H. The predicted molar refractivity (Wildman–Crippen MR) is 103 cm³/mol. The SMILES string of the molecule is COCC1(CNC(=O)C2CC23CCOc2ccccc23)CCNCC1.Cl. The molecule has 2 fully saturated rings. The van der Waals surface area contributed by atoms with E-state index in [0.29, 0.717) is 19.8 Å². The lowest BCUT2D eigenvalue weighted by Gasteiger charge is -2.37. The molecular formula is C20H29ClN2O3. The summed E-state index contributed by atoms with van der Waals surface area (Å²) in [5.74, 6) is 1.24. The number of hydrogen-bond donors (Lipinski definition) is 2. The summed E-state index contributed by atoms with van der Waals surface area (Å²) in [5, 5.41) is 6.65. The third-order valence-corrected chi connectivity index (χ3v) is 6.37. The summed E-state index contributed by atoms with van der Waals surface area (Å²) in [6.07, 6.45) is 3.98. The van der Waals surface area contributed by atoms with Crippen LogP contribution >= 0.6 is 12.4 Å². The fraction of sp³-hybridized carbons (Fsp3) is 0.650. The van der Waals surface area contributed by atoms with Crippen LogP contribution in [0.3, 0.4) is 0 Å². The van der Waals surface area contributed by atoms with Crippen LogP contribution in [-0.2, 0) is 14.9 Å². The van der Waals surface area contributed by atoms with E-state index in [-0.39, 0.29) is 35.1 Å². The number of rotatable bonds is 5. The zero-order valence-corrected chi connectivity index (χ0v) is 16.2. The van der Waals surface area contributed by atoms with Gasteiger partial charge in [0.2, 0.25) is 5.91 Å². The number of halogens is 1. The number of nitrogens with one attached hydrogen (secondary N) is 2. The van der Waals surface area contributed by atoms with Crippen molar-refractivity contribution in [1.29, 1.82) is 0 Å². The van der Waals surface area contributed by atoms with E-state index in [0.717, 1.165) is 44.5 Å². The number of fused-ring (bicyclic) bond motifs is 2. The first kappa shape index (κ1) is 19.5. The highest BCUT2D eigenvalue weighted by Gasteiger charge is 2.61. The van der Waals surface area contributed by atoms with Crippen molar-refractivity contribution in [3.63, 3.8) is 0 Å². The van der Waals surface area contributed by atoms with Gasteiger partial charge in [0.05, 0.1) is 13.2 Å². The minimum Gasteiger partial charge on any atom is -0.493 e. The minimum absolute atomic E-state index is 0. The van der Waals surface area contributed by atoms with Crippen LogP contribution < -0.4 is 15.4 Å². The van der Waals surface area contributed by atoms with Gasteiger partial charge < -0.3 is 20.1 Å². The van der Waals surface area contributed by atoms with Crippen molar-refractivity contribution in [2.75, 3.05) is 40.0 Å². The fourth-order valence-electron chi connectivity index (χ4n) is 4.74. The lowest BCUT2D eigenvalue weighted by Crippen LogP contribution is -2.47. The maximum absolute atomic E-state index is 12.9.